The van der Waals surface area contributed by atoms with Crippen LogP contribution in [0.15, 0.2) is 36.5 Å². The highest BCUT2D eigenvalue weighted by molar-refractivity contribution is 6.28. The standard InChI is InChI=1S/C20H19ClF3N5O2/c1-3-31-17(30)5-4-12-6-16-18(27-19(21)28-29(16)10-12)26-11(2)13-7-14(20(22,23)24)9-15(25)8-13/h4-11H,3,25H2,1-2H3,(H,26,27,28)/b5-4+/t11-/m1/s1. The molecule has 3 aromatic rings. The minimum atomic E-state index is -4.52. The molecule has 0 saturated carbocycles. The third-order valence-corrected chi connectivity index (χ3v) is 4.48. The number of nitrogens with one attached hydrogen (secondary N) is 1. The number of esters is 1. The predicted octanol–water partition coefficient (Wildman–Crippen LogP) is 4.73. The third kappa shape index (κ3) is 5.46. The fraction of sp³-hybridized carbons (Fsp3) is 0.250. The van der Waals surface area contributed by atoms with Crippen LogP contribution in [-0.4, -0.2) is 27.2 Å². The Bertz CT molecular complexity index is 1140. The smallest absolute Gasteiger partial charge is 0.416 e. The number of nitrogens with zero attached hydrogens (tertiary/aromatic N) is 3. The average Bonchev–Trinajstić information content (AvgIpc) is 3.08. The Hall–Kier alpha value is -3.27. The van der Waals surface area contributed by atoms with Crippen molar-refractivity contribution >= 4 is 40.7 Å². The van der Waals surface area contributed by atoms with Gasteiger partial charge in [-0.15, -0.1) is 5.10 Å². The first-order valence-electron chi connectivity index (χ1n) is 9.21. The van der Waals surface area contributed by atoms with Gasteiger partial charge in [0.05, 0.1) is 18.2 Å². The van der Waals surface area contributed by atoms with Crippen LogP contribution in [0.5, 0.6) is 0 Å². The molecule has 0 bridgehead atoms. The number of aromatic nitrogens is 3. The summed E-state index contributed by atoms with van der Waals surface area (Å²) in [6.07, 6.45) is -0.0799. The van der Waals surface area contributed by atoms with Crippen LogP contribution in [0, 0.1) is 0 Å². The first kappa shape index (κ1) is 22.4. The maximum atomic E-state index is 13.1. The molecule has 11 heteroatoms. The molecule has 2 heterocycles. The number of fused-ring (bicyclic) bond motifs is 1. The normalized spacial score (nSPS) is 13.0. The summed E-state index contributed by atoms with van der Waals surface area (Å²) in [7, 11) is 0. The molecule has 3 rings (SSSR count). The summed E-state index contributed by atoms with van der Waals surface area (Å²) >= 11 is 6.00. The summed E-state index contributed by atoms with van der Waals surface area (Å²) in [5, 5.41) is 7.06. The van der Waals surface area contributed by atoms with Crippen molar-refractivity contribution in [2.45, 2.75) is 26.1 Å². The van der Waals surface area contributed by atoms with Crippen molar-refractivity contribution in [1.82, 2.24) is 14.6 Å². The van der Waals surface area contributed by atoms with Crippen molar-refractivity contribution < 1.29 is 22.7 Å². The SMILES string of the molecule is CCOC(=O)/C=C/c1cc2c(N[C@H](C)c3cc(N)cc(C(F)(F)F)c3)nc(Cl)nn2c1. The van der Waals surface area contributed by atoms with Crippen molar-refractivity contribution in [2.24, 2.45) is 0 Å². The Balaban J connectivity index is 1.92. The second-order valence-electron chi connectivity index (χ2n) is 6.67. The van der Waals surface area contributed by atoms with Gasteiger partial charge in [0.2, 0.25) is 5.28 Å². The number of nitrogen functional groups attached to an aromatic ring is 1. The molecular weight excluding hydrogens is 435 g/mol. The number of hydrogen-bond acceptors (Lipinski definition) is 6. The van der Waals surface area contributed by atoms with E-state index in [1.807, 2.05) is 0 Å². The molecular formula is C20H19ClF3N5O2. The van der Waals surface area contributed by atoms with Crippen LogP contribution in [0.1, 0.15) is 36.6 Å². The summed E-state index contributed by atoms with van der Waals surface area (Å²) in [4.78, 5) is 15.7. The van der Waals surface area contributed by atoms with Gasteiger partial charge in [-0.3, -0.25) is 0 Å². The second kappa shape index (κ2) is 8.84. The van der Waals surface area contributed by atoms with Gasteiger partial charge in [-0.25, -0.2) is 9.31 Å². The van der Waals surface area contributed by atoms with E-state index in [0.717, 1.165) is 12.1 Å². The van der Waals surface area contributed by atoms with E-state index in [9.17, 15) is 18.0 Å². The Morgan fingerprint density at radius 3 is 2.77 bits per heavy atom. The zero-order chi connectivity index (χ0) is 22.8. The number of carbonyl (C=O) groups is 1. The van der Waals surface area contributed by atoms with Crippen LogP contribution in [0.2, 0.25) is 5.28 Å². The highest BCUT2D eigenvalue weighted by atomic mass is 35.5. The van der Waals surface area contributed by atoms with Gasteiger partial charge in [0.15, 0.2) is 5.82 Å². The highest BCUT2D eigenvalue weighted by Gasteiger charge is 2.31. The number of hydrogen-bond donors (Lipinski definition) is 2. The third-order valence-electron chi connectivity index (χ3n) is 4.32. The Labute approximate surface area is 180 Å². The van der Waals surface area contributed by atoms with E-state index in [1.54, 1.807) is 32.2 Å². The van der Waals surface area contributed by atoms with Gasteiger partial charge in [0.25, 0.3) is 0 Å². The molecule has 0 amide bonds. The van der Waals surface area contributed by atoms with Crippen LogP contribution >= 0.6 is 11.6 Å². The summed E-state index contributed by atoms with van der Waals surface area (Å²) in [5.41, 5.74) is 6.29. The molecule has 0 radical (unpaired) electrons. The average molecular weight is 454 g/mol. The second-order valence-corrected chi connectivity index (χ2v) is 7.01. The van der Waals surface area contributed by atoms with Crippen molar-refractivity contribution in [2.75, 3.05) is 17.7 Å². The van der Waals surface area contributed by atoms with Crippen LogP contribution < -0.4 is 11.1 Å². The van der Waals surface area contributed by atoms with Gasteiger partial charge in [0, 0.05) is 18.0 Å². The lowest BCUT2D eigenvalue weighted by Gasteiger charge is -2.18. The number of alkyl halides is 3. The lowest BCUT2D eigenvalue weighted by Crippen LogP contribution is -2.13. The zero-order valence-electron chi connectivity index (χ0n) is 16.6. The quantitative estimate of drug-likeness (QED) is 0.318. The molecule has 1 aromatic carbocycles. The summed E-state index contributed by atoms with van der Waals surface area (Å²) in [6, 6.07) is 4.48. The number of ether oxygens (including phenoxy) is 1. The topological polar surface area (TPSA) is 94.5 Å². The zero-order valence-corrected chi connectivity index (χ0v) is 17.3. The summed E-state index contributed by atoms with van der Waals surface area (Å²) < 4.78 is 45.7. The Kier molecular flexibility index (Phi) is 6.40. The number of nitrogens with two attached hydrogens (primary N) is 1. The summed E-state index contributed by atoms with van der Waals surface area (Å²) in [6.45, 7) is 3.63. The van der Waals surface area contributed by atoms with Gasteiger partial charge in [-0.1, -0.05) is 0 Å². The number of benzene rings is 1. The first-order chi connectivity index (χ1) is 14.6. The van der Waals surface area contributed by atoms with E-state index in [2.05, 4.69) is 15.4 Å². The monoisotopic (exact) mass is 453 g/mol. The molecule has 31 heavy (non-hydrogen) atoms. The van der Waals surface area contributed by atoms with Crippen molar-refractivity contribution in [3.05, 3.63) is 58.5 Å². The van der Waals surface area contributed by atoms with Gasteiger partial charge >= 0.3 is 12.1 Å². The lowest BCUT2D eigenvalue weighted by molar-refractivity contribution is -0.138. The molecule has 2 aromatic heterocycles. The van der Waals surface area contributed by atoms with Crippen molar-refractivity contribution in [3.63, 3.8) is 0 Å². The summed E-state index contributed by atoms with van der Waals surface area (Å²) in [5.74, 6) is -0.185. The van der Waals surface area contributed by atoms with Crippen LogP contribution in [0.25, 0.3) is 11.6 Å². The molecule has 3 N–H and O–H groups in total. The maximum absolute atomic E-state index is 13.1. The largest absolute Gasteiger partial charge is 0.463 e. The molecule has 0 spiro atoms. The van der Waals surface area contributed by atoms with E-state index in [-0.39, 0.29) is 17.6 Å². The molecule has 0 aliphatic carbocycles. The van der Waals surface area contributed by atoms with Crippen LogP contribution in [0.3, 0.4) is 0 Å². The minimum Gasteiger partial charge on any atom is -0.463 e. The highest BCUT2D eigenvalue weighted by Crippen LogP contribution is 2.33. The Morgan fingerprint density at radius 2 is 2.10 bits per heavy atom. The van der Waals surface area contributed by atoms with E-state index in [4.69, 9.17) is 22.1 Å². The van der Waals surface area contributed by atoms with Crippen LogP contribution in [-0.2, 0) is 15.7 Å². The molecule has 7 nitrogen and oxygen atoms in total. The van der Waals surface area contributed by atoms with Gasteiger partial charge in [-0.05, 0) is 66.9 Å². The maximum Gasteiger partial charge on any atom is 0.416 e. The number of rotatable bonds is 6. The van der Waals surface area contributed by atoms with E-state index >= 15 is 0 Å². The van der Waals surface area contributed by atoms with Gasteiger partial charge in [0.1, 0.15) is 5.52 Å². The Morgan fingerprint density at radius 1 is 1.35 bits per heavy atom. The van der Waals surface area contributed by atoms with Gasteiger partial charge < -0.3 is 15.8 Å². The number of halogens is 4. The molecule has 0 saturated heterocycles. The molecule has 0 aliphatic heterocycles. The first-order valence-corrected chi connectivity index (χ1v) is 9.59. The number of carbonyl (C=O) groups excluding carboxylic acids is 1. The molecule has 0 unspecified atom stereocenters. The van der Waals surface area contributed by atoms with Crippen molar-refractivity contribution in [1.29, 1.82) is 0 Å². The van der Waals surface area contributed by atoms with E-state index in [0.29, 0.717) is 22.5 Å². The molecule has 164 valence electrons. The fourth-order valence-electron chi connectivity index (χ4n) is 2.92. The minimum absolute atomic E-state index is 0.00147. The van der Waals surface area contributed by atoms with Gasteiger partial charge in [-0.2, -0.15) is 18.2 Å². The lowest BCUT2D eigenvalue weighted by atomic mass is 10.0. The van der Waals surface area contributed by atoms with Crippen LogP contribution in [0.4, 0.5) is 24.7 Å². The van der Waals surface area contributed by atoms with Crippen molar-refractivity contribution in [3.8, 4) is 0 Å². The molecule has 1 atom stereocenters. The van der Waals surface area contributed by atoms with E-state index in [1.165, 1.54) is 16.7 Å². The predicted molar refractivity (Wildman–Crippen MR) is 112 cm³/mol. The molecule has 0 fully saturated rings. The molecule has 0 aliphatic rings. The number of anilines is 2. The van der Waals surface area contributed by atoms with E-state index < -0.39 is 23.8 Å². The fourth-order valence-corrected chi connectivity index (χ4v) is 3.09.